The van der Waals surface area contributed by atoms with E-state index in [9.17, 15) is 5.11 Å². The average molecular weight is 930 g/mol. The third-order valence-electron chi connectivity index (χ3n) is 14.2. The molecule has 0 saturated carbocycles. The molecule has 0 fully saturated rings. The van der Waals surface area contributed by atoms with Crippen LogP contribution < -0.4 is 0 Å². The Bertz CT molecular complexity index is 4070. The predicted octanol–water partition coefficient (Wildman–Crippen LogP) is 18.1. The molecule has 0 aliphatic rings. The van der Waals surface area contributed by atoms with Crippen LogP contribution in [0.4, 0.5) is 0 Å². The Balaban J connectivity index is 1.10. The molecule has 344 valence electrons. The van der Waals surface area contributed by atoms with E-state index < -0.39 is 0 Å². The van der Waals surface area contributed by atoms with Gasteiger partial charge in [0.1, 0.15) is 17.2 Å². The van der Waals surface area contributed by atoms with Crippen molar-refractivity contribution in [2.24, 2.45) is 0 Å². The fourth-order valence-electron chi connectivity index (χ4n) is 10.3. The largest absolute Gasteiger partial charge is 0.507 e. The molecule has 0 aliphatic heterocycles. The summed E-state index contributed by atoms with van der Waals surface area (Å²) >= 11 is 1.65. The molecular weight excluding hydrogens is 875 g/mol. The molecule has 12 aromatic rings. The molecule has 4 heterocycles. The molecule has 0 spiro atoms. The van der Waals surface area contributed by atoms with Gasteiger partial charge in [0.25, 0.3) is 0 Å². The molecule has 0 unspecified atom stereocenters. The van der Waals surface area contributed by atoms with Crippen molar-refractivity contribution < 1.29 is 9.52 Å². The summed E-state index contributed by atoms with van der Waals surface area (Å²) < 4.78 is 10.1. The van der Waals surface area contributed by atoms with Crippen LogP contribution in [0.25, 0.3) is 115 Å². The highest BCUT2D eigenvalue weighted by Gasteiger charge is 2.30. The highest BCUT2D eigenvalue weighted by Crippen LogP contribution is 2.49. The number of hydrogen-bond acceptors (Lipinski definition) is 5. The molecule has 0 radical (unpaired) electrons. The number of imidazole rings is 1. The van der Waals surface area contributed by atoms with E-state index in [1.165, 1.54) is 27.1 Å². The normalized spacial score (nSPS) is 12.7. The molecule has 6 heteroatoms. The van der Waals surface area contributed by atoms with Gasteiger partial charge in [0, 0.05) is 43.7 Å². The van der Waals surface area contributed by atoms with Crippen molar-refractivity contribution in [1.82, 2.24) is 14.5 Å². The Morgan fingerprint density at radius 2 is 1.24 bits per heavy atom. The molecule has 0 bridgehead atoms. The molecule has 0 aliphatic carbocycles. The first kappa shape index (κ1) is 43.7. The lowest BCUT2D eigenvalue weighted by molar-refractivity contribution is 0.446. The van der Waals surface area contributed by atoms with Crippen LogP contribution in [0, 0.1) is 0 Å². The summed E-state index contributed by atoms with van der Waals surface area (Å²) in [6.45, 7) is 20.0. The van der Waals surface area contributed by atoms with E-state index in [1.807, 2.05) is 6.20 Å². The van der Waals surface area contributed by atoms with Gasteiger partial charge >= 0.3 is 0 Å². The van der Waals surface area contributed by atoms with Crippen LogP contribution in [-0.2, 0) is 16.2 Å². The maximum Gasteiger partial charge on any atom is 0.190 e. The molecule has 70 heavy (non-hydrogen) atoms. The summed E-state index contributed by atoms with van der Waals surface area (Å²) in [5.41, 5.74) is 13.3. The average Bonchev–Trinajstić information content (AvgIpc) is 4.02. The number of aromatic nitrogens is 3. The second-order valence-corrected chi connectivity index (χ2v) is 23.1. The van der Waals surface area contributed by atoms with Crippen molar-refractivity contribution in [2.45, 2.75) is 78.6 Å². The number of nitrogens with zero attached hydrogens (tertiary/aromatic N) is 3. The first-order chi connectivity index (χ1) is 33.5. The van der Waals surface area contributed by atoms with E-state index in [1.54, 1.807) is 11.3 Å². The van der Waals surface area contributed by atoms with Crippen LogP contribution in [0.3, 0.4) is 0 Å². The Morgan fingerprint density at radius 1 is 0.529 bits per heavy atom. The van der Waals surface area contributed by atoms with E-state index in [0.717, 1.165) is 92.7 Å². The highest BCUT2D eigenvalue weighted by molar-refractivity contribution is 7.25. The number of pyridine rings is 1. The SMILES string of the molecule is CC(C)(C)c1ccc(-n2c(-c3cc(C(C)(C)C)cc(C(C)(C)C)c3O)nc3c4c(ccc32)sc2oc3ccc(-c5cc(-c6ccc7c(ccc8ccccc87)c6)ccn5)cc3c24)c(-c2ccccc2)c1. The van der Waals surface area contributed by atoms with Gasteiger partial charge in [-0.15, -0.1) is 0 Å². The summed E-state index contributed by atoms with van der Waals surface area (Å²) in [7, 11) is 0. The van der Waals surface area contributed by atoms with E-state index >= 15 is 0 Å². The Labute approximate surface area is 412 Å². The third-order valence-corrected chi connectivity index (χ3v) is 15.3. The number of benzene rings is 8. The molecule has 0 saturated heterocycles. The number of rotatable bonds is 5. The smallest absolute Gasteiger partial charge is 0.190 e. The minimum atomic E-state index is -0.333. The number of phenolic OH excluding ortho intramolecular Hbond substituents is 1. The lowest BCUT2D eigenvalue weighted by atomic mass is 9.79. The van der Waals surface area contributed by atoms with Gasteiger partial charge in [0.05, 0.1) is 28.0 Å². The van der Waals surface area contributed by atoms with Gasteiger partial charge in [0.2, 0.25) is 0 Å². The van der Waals surface area contributed by atoms with Crippen LogP contribution in [0.5, 0.6) is 5.75 Å². The Kier molecular flexibility index (Phi) is 9.83. The second kappa shape index (κ2) is 15.7. The predicted molar refractivity (Wildman–Crippen MR) is 296 cm³/mol. The van der Waals surface area contributed by atoms with Crippen molar-refractivity contribution in [3.63, 3.8) is 0 Å². The van der Waals surface area contributed by atoms with Gasteiger partial charge < -0.3 is 9.52 Å². The Morgan fingerprint density at radius 3 is 2.03 bits per heavy atom. The first-order valence-electron chi connectivity index (χ1n) is 24.3. The number of furan rings is 1. The zero-order chi connectivity index (χ0) is 48.4. The van der Waals surface area contributed by atoms with Gasteiger partial charge in [-0.1, -0.05) is 165 Å². The maximum absolute atomic E-state index is 12.6. The number of fused-ring (bicyclic) bond motifs is 10. The van der Waals surface area contributed by atoms with E-state index in [-0.39, 0.29) is 22.0 Å². The van der Waals surface area contributed by atoms with Gasteiger partial charge in [-0.3, -0.25) is 9.55 Å². The highest BCUT2D eigenvalue weighted by atomic mass is 32.1. The molecule has 0 atom stereocenters. The summed E-state index contributed by atoms with van der Waals surface area (Å²) in [6, 6.07) is 56.7. The van der Waals surface area contributed by atoms with Gasteiger partial charge in [0.15, 0.2) is 4.90 Å². The molecule has 1 N–H and O–H groups in total. The topological polar surface area (TPSA) is 64.1 Å². The zero-order valence-electron chi connectivity index (χ0n) is 41.2. The zero-order valence-corrected chi connectivity index (χ0v) is 42.0. The standard InChI is InChI=1S/C64H55N3O2S/c1-62(2,3)43-23-25-52(47(34-43)37-15-11-10-12-16-37)67-53-26-28-55-57(58(53)66-60(67)49-35-44(63(4,5)6)36-50(59(49)68)64(7,8)9)56-48-32-42(22-27-54(48)69-61(56)70-55)51-33-40(29-30-65-51)39-21-24-46-41(31-39)20-19-38-17-13-14-18-45(38)46/h10-36,68H,1-9H3. The molecule has 5 nitrogen and oxygen atoms in total. The van der Waals surface area contributed by atoms with Crippen molar-refractivity contribution >= 4 is 75.3 Å². The van der Waals surface area contributed by atoms with E-state index in [2.05, 4.69) is 225 Å². The summed E-state index contributed by atoms with van der Waals surface area (Å²) in [4.78, 5) is 11.5. The lowest BCUT2D eigenvalue weighted by Crippen LogP contribution is -2.17. The van der Waals surface area contributed by atoms with Crippen LogP contribution in [0.2, 0.25) is 0 Å². The second-order valence-electron chi connectivity index (χ2n) is 22.1. The summed E-state index contributed by atoms with van der Waals surface area (Å²) in [5, 5.41) is 20.6. The monoisotopic (exact) mass is 929 g/mol. The van der Waals surface area contributed by atoms with Crippen molar-refractivity contribution in [1.29, 1.82) is 0 Å². The number of aromatic hydroxyl groups is 1. The molecule has 12 rings (SSSR count). The molecule has 8 aromatic carbocycles. The quantitative estimate of drug-likeness (QED) is 0.175. The fourth-order valence-corrected chi connectivity index (χ4v) is 11.4. The van der Waals surface area contributed by atoms with Crippen LogP contribution in [0.1, 0.15) is 79.0 Å². The lowest BCUT2D eigenvalue weighted by Gasteiger charge is -2.28. The molecule has 4 aromatic heterocycles. The first-order valence-corrected chi connectivity index (χ1v) is 25.1. The van der Waals surface area contributed by atoms with Crippen molar-refractivity contribution in [2.75, 3.05) is 0 Å². The van der Waals surface area contributed by atoms with Crippen LogP contribution in [-0.4, -0.2) is 19.6 Å². The number of hydrogen-bond donors (Lipinski definition) is 1. The molecular formula is C64H55N3O2S. The minimum Gasteiger partial charge on any atom is -0.507 e. The maximum atomic E-state index is 12.6. The van der Waals surface area contributed by atoms with Gasteiger partial charge in [-0.25, -0.2) is 4.98 Å². The van der Waals surface area contributed by atoms with Crippen LogP contribution >= 0.6 is 11.3 Å². The minimum absolute atomic E-state index is 0.0819. The Hall–Kier alpha value is -7.54. The summed E-state index contributed by atoms with van der Waals surface area (Å²) in [6.07, 6.45) is 1.91. The van der Waals surface area contributed by atoms with Crippen molar-refractivity contribution in [3.8, 4) is 56.3 Å². The third kappa shape index (κ3) is 7.19. The van der Waals surface area contributed by atoms with Crippen LogP contribution in [0.15, 0.2) is 168 Å². The number of phenols is 1. The summed E-state index contributed by atoms with van der Waals surface area (Å²) in [5.74, 6) is 0.940. The van der Waals surface area contributed by atoms with E-state index in [0.29, 0.717) is 11.4 Å². The van der Waals surface area contributed by atoms with Crippen molar-refractivity contribution in [3.05, 3.63) is 181 Å². The van der Waals surface area contributed by atoms with E-state index in [4.69, 9.17) is 14.4 Å². The van der Waals surface area contributed by atoms with Gasteiger partial charge in [-0.2, -0.15) is 0 Å². The fraction of sp³-hybridized carbons (Fsp3) is 0.188. The molecule has 0 amide bonds. The van der Waals surface area contributed by atoms with Gasteiger partial charge in [-0.05, 0) is 132 Å². The number of thiophene rings is 1.